The van der Waals surface area contributed by atoms with Crippen LogP contribution in [0.4, 0.5) is 0 Å². The maximum absolute atomic E-state index is 12.3. The number of hydrogen-bond acceptors (Lipinski definition) is 6. The topological polar surface area (TPSA) is 119 Å². The lowest BCUT2D eigenvalue weighted by molar-refractivity contribution is -0.923. The van der Waals surface area contributed by atoms with E-state index < -0.39 is 19.9 Å². The summed E-state index contributed by atoms with van der Waals surface area (Å²) < 4.78 is 28.4. The van der Waals surface area contributed by atoms with Gasteiger partial charge in [0.25, 0.3) is 0 Å². The Kier molecular flexibility index (Phi) is 22.0. The van der Waals surface area contributed by atoms with Gasteiger partial charge in [0.15, 0.2) is 0 Å². The standard InChI is InChI=1S/C32H62NO8P/c1-4-5-6-7-8-9-10-11-12-13-14-15-16-17-18-21-24-39-28-31(41-32(35)25-29(2)34)26-30(27-40-42(36,37)38)33(3)22-19-20-23-33/h30-31H,4-28H2,1-3H3,(H-,36,37,38)/p+1. The van der Waals surface area contributed by atoms with Gasteiger partial charge in [-0.15, -0.1) is 0 Å². The zero-order valence-corrected chi connectivity index (χ0v) is 28.0. The molecular weight excluding hydrogens is 557 g/mol. The van der Waals surface area contributed by atoms with Crippen LogP contribution in [-0.4, -0.2) is 78.1 Å². The van der Waals surface area contributed by atoms with E-state index in [0.29, 0.717) is 17.5 Å². The summed E-state index contributed by atoms with van der Waals surface area (Å²) in [5.41, 5.74) is 0. The first-order valence-corrected chi connectivity index (χ1v) is 18.4. The minimum atomic E-state index is -4.63. The first kappa shape index (κ1) is 39.2. The Morgan fingerprint density at radius 2 is 1.26 bits per heavy atom. The number of likely N-dealkylation sites (N-methyl/N-ethyl adjacent to an activating group) is 1. The van der Waals surface area contributed by atoms with E-state index in [2.05, 4.69) is 6.92 Å². The minimum Gasteiger partial charge on any atom is -0.459 e. The number of likely N-dealkylation sites (tertiary alicyclic amines) is 1. The highest BCUT2D eigenvalue weighted by Crippen LogP contribution is 2.37. The van der Waals surface area contributed by atoms with Gasteiger partial charge in [0, 0.05) is 25.9 Å². The van der Waals surface area contributed by atoms with Crippen LogP contribution >= 0.6 is 7.82 Å². The molecule has 248 valence electrons. The van der Waals surface area contributed by atoms with Crippen LogP contribution in [0.3, 0.4) is 0 Å². The molecule has 1 rings (SSSR count). The van der Waals surface area contributed by atoms with Gasteiger partial charge in [0.05, 0.1) is 26.7 Å². The van der Waals surface area contributed by atoms with Gasteiger partial charge in [-0.2, -0.15) is 0 Å². The maximum atomic E-state index is 12.3. The van der Waals surface area contributed by atoms with E-state index in [4.69, 9.17) is 14.0 Å². The number of nitrogens with zero attached hydrogens (tertiary/aromatic N) is 1. The van der Waals surface area contributed by atoms with Crippen molar-refractivity contribution < 1.29 is 42.4 Å². The molecule has 0 saturated carbocycles. The number of esters is 1. The van der Waals surface area contributed by atoms with Crippen LogP contribution in [0.25, 0.3) is 0 Å². The van der Waals surface area contributed by atoms with Crippen LogP contribution in [0.2, 0.25) is 0 Å². The maximum Gasteiger partial charge on any atom is 0.469 e. The molecule has 1 heterocycles. The molecule has 0 amide bonds. The number of carbonyl (C=O) groups excluding carboxylic acids is 2. The molecule has 1 fully saturated rings. The number of quaternary nitrogens is 1. The molecule has 2 unspecified atom stereocenters. The van der Waals surface area contributed by atoms with Crippen molar-refractivity contribution in [2.45, 2.75) is 154 Å². The van der Waals surface area contributed by atoms with Gasteiger partial charge in [0.2, 0.25) is 0 Å². The molecule has 0 radical (unpaired) electrons. The van der Waals surface area contributed by atoms with Gasteiger partial charge in [-0.25, -0.2) is 4.57 Å². The summed E-state index contributed by atoms with van der Waals surface area (Å²) in [6.07, 6.45) is 22.4. The quantitative estimate of drug-likeness (QED) is 0.0308. The third-order valence-corrected chi connectivity index (χ3v) is 9.06. The summed E-state index contributed by atoms with van der Waals surface area (Å²) in [7, 11) is -2.58. The molecule has 0 aromatic heterocycles. The number of ether oxygens (including phenoxy) is 2. The Labute approximate surface area is 256 Å². The summed E-state index contributed by atoms with van der Waals surface area (Å²) in [4.78, 5) is 42.3. The molecular formula is C32H63NO8P+. The van der Waals surface area contributed by atoms with Crippen molar-refractivity contribution in [3.8, 4) is 0 Å². The zero-order valence-electron chi connectivity index (χ0n) is 27.1. The van der Waals surface area contributed by atoms with E-state index >= 15 is 0 Å². The van der Waals surface area contributed by atoms with Crippen molar-refractivity contribution in [3.63, 3.8) is 0 Å². The predicted molar refractivity (Wildman–Crippen MR) is 167 cm³/mol. The number of phosphoric acid groups is 1. The highest BCUT2D eigenvalue weighted by atomic mass is 31.2. The average Bonchev–Trinajstić information content (AvgIpc) is 3.36. The van der Waals surface area contributed by atoms with E-state index in [9.17, 15) is 23.9 Å². The molecule has 0 aliphatic carbocycles. The van der Waals surface area contributed by atoms with Crippen molar-refractivity contribution in [1.29, 1.82) is 0 Å². The summed E-state index contributed by atoms with van der Waals surface area (Å²) in [5, 5.41) is 0. The summed E-state index contributed by atoms with van der Waals surface area (Å²) in [5.74, 6) is -0.870. The van der Waals surface area contributed by atoms with Gasteiger partial charge in [-0.1, -0.05) is 103 Å². The molecule has 1 aliphatic heterocycles. The molecule has 2 N–H and O–H groups in total. The average molecular weight is 621 g/mol. The van der Waals surface area contributed by atoms with E-state index in [1.165, 1.54) is 96.8 Å². The van der Waals surface area contributed by atoms with Gasteiger partial charge in [0.1, 0.15) is 31.0 Å². The van der Waals surface area contributed by atoms with Gasteiger partial charge < -0.3 is 23.7 Å². The van der Waals surface area contributed by atoms with Crippen LogP contribution in [0.5, 0.6) is 0 Å². The smallest absolute Gasteiger partial charge is 0.459 e. The first-order valence-electron chi connectivity index (χ1n) is 16.9. The summed E-state index contributed by atoms with van der Waals surface area (Å²) >= 11 is 0. The van der Waals surface area contributed by atoms with Crippen LogP contribution < -0.4 is 0 Å². The molecule has 0 bridgehead atoms. The van der Waals surface area contributed by atoms with Crippen LogP contribution in [0.1, 0.15) is 142 Å². The molecule has 0 aromatic carbocycles. The number of rotatable bonds is 28. The Balaban J connectivity index is 2.29. The lowest BCUT2D eigenvalue weighted by Gasteiger charge is -2.39. The van der Waals surface area contributed by atoms with Crippen molar-refractivity contribution in [2.24, 2.45) is 0 Å². The lowest BCUT2D eigenvalue weighted by Crippen LogP contribution is -2.54. The fourth-order valence-corrected chi connectivity index (χ4v) is 6.33. The third kappa shape index (κ3) is 21.0. The van der Waals surface area contributed by atoms with E-state index in [1.54, 1.807) is 0 Å². The Morgan fingerprint density at radius 3 is 1.71 bits per heavy atom. The fraction of sp³-hybridized carbons (Fsp3) is 0.938. The van der Waals surface area contributed by atoms with E-state index in [0.717, 1.165) is 38.8 Å². The molecule has 10 heteroatoms. The number of ketones is 1. The molecule has 2 atom stereocenters. The van der Waals surface area contributed by atoms with Gasteiger partial charge in [-0.3, -0.25) is 14.1 Å². The molecule has 9 nitrogen and oxygen atoms in total. The number of Topliss-reactive ketones (excluding diaryl/α,β-unsaturated/α-hetero) is 1. The minimum absolute atomic E-state index is 0.138. The molecule has 0 aromatic rings. The third-order valence-electron chi connectivity index (χ3n) is 8.58. The monoisotopic (exact) mass is 620 g/mol. The highest BCUT2D eigenvalue weighted by molar-refractivity contribution is 7.46. The lowest BCUT2D eigenvalue weighted by atomic mass is 10.0. The second-order valence-electron chi connectivity index (χ2n) is 12.7. The number of carbonyl (C=O) groups is 2. The second-order valence-corrected chi connectivity index (χ2v) is 13.9. The van der Waals surface area contributed by atoms with Crippen LogP contribution in [0, 0.1) is 0 Å². The number of unbranched alkanes of at least 4 members (excludes halogenated alkanes) is 15. The number of hydrogen-bond donors (Lipinski definition) is 2. The van der Waals surface area contributed by atoms with Crippen molar-refractivity contribution in [3.05, 3.63) is 0 Å². The Morgan fingerprint density at radius 1 is 0.786 bits per heavy atom. The zero-order chi connectivity index (χ0) is 31.1. The van der Waals surface area contributed by atoms with Crippen LogP contribution in [0.15, 0.2) is 0 Å². The van der Waals surface area contributed by atoms with Crippen molar-refractivity contribution >= 4 is 19.6 Å². The predicted octanol–water partition coefficient (Wildman–Crippen LogP) is 7.26. The molecule has 1 aliphatic rings. The largest absolute Gasteiger partial charge is 0.469 e. The van der Waals surface area contributed by atoms with E-state index in [1.807, 2.05) is 7.05 Å². The van der Waals surface area contributed by atoms with Gasteiger partial charge >= 0.3 is 13.8 Å². The number of phosphoric ester groups is 1. The van der Waals surface area contributed by atoms with Crippen molar-refractivity contribution in [2.75, 3.05) is 40.0 Å². The Hall–Kier alpha value is -0.830. The van der Waals surface area contributed by atoms with E-state index in [-0.39, 0.29) is 31.5 Å². The second kappa shape index (κ2) is 23.5. The summed E-state index contributed by atoms with van der Waals surface area (Å²) in [6, 6.07) is -0.269. The normalized spacial score (nSPS) is 16.4. The molecule has 0 spiro atoms. The Bertz CT molecular complexity index is 753. The first-order chi connectivity index (χ1) is 20.1. The fourth-order valence-electron chi connectivity index (χ4n) is 5.96. The van der Waals surface area contributed by atoms with Crippen molar-refractivity contribution in [1.82, 2.24) is 0 Å². The molecule has 42 heavy (non-hydrogen) atoms. The van der Waals surface area contributed by atoms with Crippen LogP contribution in [-0.2, 0) is 28.2 Å². The molecule has 1 saturated heterocycles. The SMILES string of the molecule is CCCCCCCCCCCCCCCCCCOCC(CC(COP(=O)(O)O)[N+]1(C)CCCC1)OC(=O)CC(C)=O. The van der Waals surface area contributed by atoms with Gasteiger partial charge in [-0.05, 0) is 13.3 Å². The highest BCUT2D eigenvalue weighted by Gasteiger charge is 2.39. The summed E-state index contributed by atoms with van der Waals surface area (Å²) in [6.45, 7) is 5.95.